The van der Waals surface area contributed by atoms with E-state index in [9.17, 15) is 13.2 Å². The Morgan fingerprint density at radius 1 is 0.941 bits per heavy atom. The van der Waals surface area contributed by atoms with Gasteiger partial charge in [-0.05, 0) is 59.6 Å². The lowest BCUT2D eigenvalue weighted by Crippen LogP contribution is -1.89. The fraction of sp³-hybridized carbons (Fsp3) is 0. The van der Waals surface area contributed by atoms with E-state index in [1.54, 1.807) is 0 Å². The zero-order chi connectivity index (χ0) is 12.3. The van der Waals surface area contributed by atoms with E-state index in [4.69, 9.17) is 4.74 Å². The Balaban J connectivity index is 2.13. The molecule has 0 radical (unpaired) electrons. The van der Waals surface area contributed by atoms with E-state index in [1.807, 2.05) is 0 Å². The van der Waals surface area contributed by atoms with E-state index >= 15 is 0 Å². The van der Waals surface area contributed by atoms with Crippen LogP contribution in [0.25, 0.3) is 0 Å². The average molecular weight is 251 g/mol. The van der Waals surface area contributed by atoms with Gasteiger partial charge in [0.15, 0.2) is 0 Å². The van der Waals surface area contributed by atoms with E-state index in [2.05, 4.69) is 0 Å². The molecule has 0 fully saturated rings. The van der Waals surface area contributed by atoms with E-state index < -0.39 is 11.1 Å². The van der Waals surface area contributed by atoms with Gasteiger partial charge in [0.05, 0.1) is 0 Å². The summed E-state index contributed by atoms with van der Waals surface area (Å²) in [5.41, 5.74) is 0. The van der Waals surface area contributed by atoms with Gasteiger partial charge < -0.3 is 9.29 Å². The van der Waals surface area contributed by atoms with Crippen LogP contribution in [0.2, 0.25) is 0 Å². The highest BCUT2D eigenvalue weighted by atomic mass is 32.2. The normalized spacial score (nSPS) is 12.1. The Bertz CT molecular complexity index is 522. The second kappa shape index (κ2) is 5.07. The highest BCUT2D eigenvalue weighted by molar-refractivity contribution is 7.79. The van der Waals surface area contributed by atoms with Crippen molar-refractivity contribution in [2.75, 3.05) is 0 Å². The zero-order valence-corrected chi connectivity index (χ0v) is 9.45. The number of hydrogen-bond donors (Lipinski definition) is 0. The van der Waals surface area contributed by atoms with Crippen LogP contribution in [-0.4, -0.2) is 8.76 Å². The Hall–Kier alpha value is -1.72. The summed E-state index contributed by atoms with van der Waals surface area (Å²) in [6.45, 7) is 0. The van der Waals surface area contributed by atoms with Crippen molar-refractivity contribution in [1.29, 1.82) is 0 Å². The zero-order valence-electron chi connectivity index (χ0n) is 8.63. The molecule has 0 spiro atoms. The van der Waals surface area contributed by atoms with E-state index in [-0.39, 0.29) is 10.7 Å². The molecule has 2 rings (SSSR count). The first-order chi connectivity index (χ1) is 8.15. The molecule has 0 bridgehead atoms. The number of benzene rings is 2. The lowest BCUT2D eigenvalue weighted by atomic mass is 10.3. The first-order valence-electron chi connectivity index (χ1n) is 4.78. The van der Waals surface area contributed by atoms with Crippen molar-refractivity contribution >= 4 is 11.1 Å². The molecule has 0 amide bonds. The summed E-state index contributed by atoms with van der Waals surface area (Å²) in [6, 6.07) is 11.5. The molecule has 0 aliphatic rings. The average Bonchev–Trinajstić information content (AvgIpc) is 2.33. The molecular formula is C12H8FO3S-. The fourth-order valence-corrected chi connectivity index (χ4v) is 1.62. The highest BCUT2D eigenvalue weighted by Crippen LogP contribution is 2.22. The van der Waals surface area contributed by atoms with Crippen LogP contribution in [0.1, 0.15) is 0 Å². The van der Waals surface area contributed by atoms with Crippen LogP contribution in [0.5, 0.6) is 11.5 Å². The van der Waals surface area contributed by atoms with Gasteiger partial charge in [0.1, 0.15) is 17.3 Å². The van der Waals surface area contributed by atoms with Crippen LogP contribution in [0.4, 0.5) is 4.39 Å². The third kappa shape index (κ3) is 3.12. The highest BCUT2D eigenvalue weighted by Gasteiger charge is 1.98. The van der Waals surface area contributed by atoms with E-state index in [0.717, 1.165) is 0 Å². The standard InChI is InChI=1S/C12H9FO3S/c13-9-1-3-10(4-2-9)16-11-5-7-12(8-6-11)17(14)15/h1-8H,(H,14,15)/p-1. The minimum Gasteiger partial charge on any atom is -0.768 e. The quantitative estimate of drug-likeness (QED) is 0.788. The number of ether oxygens (including phenoxy) is 1. The fourth-order valence-electron chi connectivity index (χ4n) is 1.26. The Morgan fingerprint density at radius 2 is 1.41 bits per heavy atom. The van der Waals surface area contributed by atoms with Crippen LogP contribution >= 0.6 is 0 Å². The van der Waals surface area contributed by atoms with Crippen molar-refractivity contribution in [2.24, 2.45) is 0 Å². The molecule has 88 valence electrons. The molecule has 0 N–H and O–H groups in total. The molecule has 2 aromatic carbocycles. The van der Waals surface area contributed by atoms with E-state index in [0.29, 0.717) is 11.5 Å². The topological polar surface area (TPSA) is 49.4 Å². The Kier molecular flexibility index (Phi) is 3.51. The summed E-state index contributed by atoms with van der Waals surface area (Å²) in [6.07, 6.45) is 0. The first-order valence-corrected chi connectivity index (χ1v) is 5.85. The maximum absolute atomic E-state index is 12.6. The van der Waals surface area contributed by atoms with Gasteiger partial charge in [-0.3, -0.25) is 4.21 Å². The Morgan fingerprint density at radius 3 is 1.88 bits per heavy atom. The minimum absolute atomic E-state index is 0.191. The van der Waals surface area contributed by atoms with Crippen molar-refractivity contribution in [3.8, 4) is 11.5 Å². The van der Waals surface area contributed by atoms with Crippen molar-refractivity contribution in [2.45, 2.75) is 4.90 Å². The van der Waals surface area contributed by atoms with Crippen LogP contribution in [-0.2, 0) is 11.1 Å². The number of rotatable bonds is 3. The van der Waals surface area contributed by atoms with Gasteiger partial charge in [0.25, 0.3) is 0 Å². The Labute approximate surface area is 100 Å². The molecule has 0 aliphatic heterocycles. The van der Waals surface area contributed by atoms with Gasteiger partial charge in [0, 0.05) is 4.90 Å². The molecular weight excluding hydrogens is 243 g/mol. The summed E-state index contributed by atoms with van der Waals surface area (Å²) in [4.78, 5) is 0.191. The third-order valence-electron chi connectivity index (χ3n) is 2.07. The number of halogens is 1. The molecule has 0 saturated carbocycles. The van der Waals surface area contributed by atoms with Gasteiger partial charge in [-0.25, -0.2) is 4.39 Å². The van der Waals surface area contributed by atoms with E-state index in [1.165, 1.54) is 48.5 Å². The maximum atomic E-state index is 12.6. The number of hydrogen-bond acceptors (Lipinski definition) is 3. The van der Waals surface area contributed by atoms with Crippen molar-refractivity contribution in [3.05, 3.63) is 54.3 Å². The minimum atomic E-state index is -2.24. The van der Waals surface area contributed by atoms with Gasteiger partial charge in [-0.2, -0.15) is 0 Å². The first kappa shape index (κ1) is 11.8. The summed E-state index contributed by atoms with van der Waals surface area (Å²) in [5.74, 6) is 0.641. The SMILES string of the molecule is O=S([O-])c1ccc(Oc2ccc(F)cc2)cc1. The predicted molar refractivity (Wildman–Crippen MR) is 60.1 cm³/mol. The van der Waals surface area contributed by atoms with Crippen LogP contribution < -0.4 is 4.74 Å². The molecule has 3 nitrogen and oxygen atoms in total. The lowest BCUT2D eigenvalue weighted by molar-refractivity contribution is 0.480. The summed E-state index contributed by atoms with van der Waals surface area (Å²) >= 11 is -2.24. The van der Waals surface area contributed by atoms with Gasteiger partial charge in [-0.15, -0.1) is 0 Å². The molecule has 0 saturated heterocycles. The van der Waals surface area contributed by atoms with Crippen molar-refractivity contribution in [3.63, 3.8) is 0 Å². The van der Waals surface area contributed by atoms with Gasteiger partial charge in [0.2, 0.25) is 0 Å². The van der Waals surface area contributed by atoms with Crippen molar-refractivity contribution < 1.29 is 17.9 Å². The predicted octanol–water partition coefficient (Wildman–Crippen LogP) is 2.86. The third-order valence-corrected chi connectivity index (χ3v) is 2.72. The molecule has 1 unspecified atom stereocenters. The van der Waals surface area contributed by atoms with Crippen molar-refractivity contribution in [1.82, 2.24) is 0 Å². The summed E-state index contributed by atoms with van der Waals surface area (Å²) in [7, 11) is 0. The maximum Gasteiger partial charge on any atom is 0.127 e. The molecule has 17 heavy (non-hydrogen) atoms. The largest absolute Gasteiger partial charge is 0.768 e. The molecule has 1 atom stereocenters. The second-order valence-corrected chi connectivity index (χ2v) is 4.20. The van der Waals surface area contributed by atoms with Crippen LogP contribution in [0.15, 0.2) is 53.4 Å². The van der Waals surface area contributed by atoms with Gasteiger partial charge in [-0.1, -0.05) is 0 Å². The molecule has 0 aliphatic carbocycles. The second-order valence-electron chi connectivity index (χ2n) is 3.26. The van der Waals surface area contributed by atoms with Crippen LogP contribution in [0.3, 0.4) is 0 Å². The monoisotopic (exact) mass is 251 g/mol. The molecule has 5 heteroatoms. The van der Waals surface area contributed by atoms with Gasteiger partial charge >= 0.3 is 0 Å². The lowest BCUT2D eigenvalue weighted by Gasteiger charge is -2.08. The molecule has 0 aromatic heterocycles. The molecule has 0 heterocycles. The smallest absolute Gasteiger partial charge is 0.127 e. The molecule has 2 aromatic rings. The summed E-state index contributed by atoms with van der Waals surface area (Å²) < 4.78 is 39.3. The van der Waals surface area contributed by atoms with Crippen LogP contribution in [0, 0.1) is 5.82 Å². The summed E-state index contributed by atoms with van der Waals surface area (Å²) in [5, 5.41) is 0.